The Morgan fingerprint density at radius 2 is 2.18 bits per heavy atom. The molecule has 1 aliphatic heterocycles. The van der Waals surface area contributed by atoms with Crippen molar-refractivity contribution in [1.82, 2.24) is 10.2 Å². The first kappa shape index (κ1) is 12.1. The fourth-order valence-corrected chi connectivity index (χ4v) is 2.30. The number of hydrogen-bond donors (Lipinski definition) is 1. The molecule has 1 amide bonds. The zero-order valence-corrected chi connectivity index (χ0v) is 10.8. The Morgan fingerprint density at radius 1 is 1.41 bits per heavy atom. The topological polar surface area (TPSA) is 32.3 Å². The first-order chi connectivity index (χ1) is 8.08. The number of aryl methyl sites for hydroxylation is 1. The average molecular weight is 232 g/mol. The molecule has 0 saturated carbocycles. The average Bonchev–Trinajstić information content (AvgIpc) is 2.30. The minimum atomic E-state index is 0.183. The van der Waals surface area contributed by atoms with E-state index in [-0.39, 0.29) is 5.91 Å². The van der Waals surface area contributed by atoms with Crippen LogP contribution in [0.15, 0.2) is 18.2 Å². The van der Waals surface area contributed by atoms with Gasteiger partial charge in [-0.15, -0.1) is 0 Å². The molecular formula is C14H20N2O. The molecule has 1 aromatic carbocycles. The van der Waals surface area contributed by atoms with Crippen molar-refractivity contribution >= 4 is 5.91 Å². The SMILES string of the molecule is Cc1cccc(CC2CN(C)C(=O)CN2)c1C. The number of nitrogens with zero attached hydrogens (tertiary/aromatic N) is 1. The maximum atomic E-state index is 11.4. The van der Waals surface area contributed by atoms with Gasteiger partial charge >= 0.3 is 0 Å². The van der Waals surface area contributed by atoms with Gasteiger partial charge in [0.15, 0.2) is 0 Å². The van der Waals surface area contributed by atoms with E-state index in [0.29, 0.717) is 12.6 Å². The number of nitrogens with one attached hydrogen (secondary N) is 1. The predicted molar refractivity (Wildman–Crippen MR) is 69.0 cm³/mol. The highest BCUT2D eigenvalue weighted by Crippen LogP contribution is 2.15. The molecule has 1 unspecified atom stereocenters. The molecule has 0 aromatic heterocycles. The summed E-state index contributed by atoms with van der Waals surface area (Å²) in [5.41, 5.74) is 4.09. The van der Waals surface area contributed by atoms with Gasteiger partial charge in [-0.1, -0.05) is 18.2 Å². The number of hydrogen-bond acceptors (Lipinski definition) is 2. The number of piperazine rings is 1. The van der Waals surface area contributed by atoms with Crippen molar-refractivity contribution < 1.29 is 4.79 Å². The summed E-state index contributed by atoms with van der Waals surface area (Å²) in [4.78, 5) is 13.2. The van der Waals surface area contributed by atoms with Gasteiger partial charge in [0.1, 0.15) is 0 Å². The van der Waals surface area contributed by atoms with Crippen LogP contribution in [0.4, 0.5) is 0 Å². The number of carbonyl (C=O) groups excluding carboxylic acids is 1. The smallest absolute Gasteiger partial charge is 0.236 e. The number of amides is 1. The van der Waals surface area contributed by atoms with E-state index in [1.807, 2.05) is 11.9 Å². The highest BCUT2D eigenvalue weighted by molar-refractivity contribution is 5.78. The van der Waals surface area contributed by atoms with E-state index < -0.39 is 0 Å². The summed E-state index contributed by atoms with van der Waals surface area (Å²) in [6.07, 6.45) is 0.991. The third-order valence-electron chi connectivity index (χ3n) is 3.65. The Hall–Kier alpha value is -1.35. The van der Waals surface area contributed by atoms with Gasteiger partial charge in [0.25, 0.3) is 0 Å². The second-order valence-corrected chi connectivity index (χ2v) is 4.92. The van der Waals surface area contributed by atoms with Gasteiger partial charge in [-0.25, -0.2) is 0 Å². The highest BCUT2D eigenvalue weighted by atomic mass is 16.2. The zero-order valence-electron chi connectivity index (χ0n) is 10.8. The standard InChI is InChI=1S/C14H20N2O/c1-10-5-4-6-12(11(10)2)7-13-9-16(3)14(17)8-15-13/h4-6,13,15H,7-9H2,1-3H3. The number of likely N-dealkylation sites (N-methyl/N-ethyl adjacent to an activating group) is 1. The van der Waals surface area contributed by atoms with E-state index in [1.165, 1.54) is 16.7 Å². The quantitative estimate of drug-likeness (QED) is 0.833. The Balaban J connectivity index is 2.06. The lowest BCUT2D eigenvalue weighted by atomic mass is 9.97. The maximum absolute atomic E-state index is 11.4. The van der Waals surface area contributed by atoms with Crippen LogP contribution in [0.5, 0.6) is 0 Å². The Labute approximate surface area is 103 Å². The molecule has 1 heterocycles. The lowest BCUT2D eigenvalue weighted by Gasteiger charge is -2.31. The molecule has 1 aliphatic rings. The summed E-state index contributed by atoms with van der Waals surface area (Å²) in [5, 5.41) is 3.30. The molecule has 1 atom stereocenters. The molecular weight excluding hydrogens is 212 g/mol. The van der Waals surface area contributed by atoms with Crippen LogP contribution in [-0.2, 0) is 11.2 Å². The number of carbonyl (C=O) groups is 1. The van der Waals surface area contributed by atoms with Crippen LogP contribution in [0.25, 0.3) is 0 Å². The van der Waals surface area contributed by atoms with Crippen LogP contribution in [0.2, 0.25) is 0 Å². The molecule has 0 aliphatic carbocycles. The van der Waals surface area contributed by atoms with Crippen molar-refractivity contribution in [2.45, 2.75) is 26.3 Å². The van der Waals surface area contributed by atoms with Crippen molar-refractivity contribution in [3.8, 4) is 0 Å². The molecule has 3 heteroatoms. The normalized spacial score (nSPS) is 20.8. The Kier molecular flexibility index (Phi) is 3.48. The predicted octanol–water partition coefficient (Wildman–Crippen LogP) is 1.28. The van der Waals surface area contributed by atoms with Crippen LogP contribution >= 0.6 is 0 Å². The molecule has 17 heavy (non-hydrogen) atoms. The molecule has 0 spiro atoms. The molecule has 1 fully saturated rings. The highest BCUT2D eigenvalue weighted by Gasteiger charge is 2.22. The monoisotopic (exact) mass is 232 g/mol. The van der Waals surface area contributed by atoms with E-state index in [4.69, 9.17) is 0 Å². The molecule has 0 bridgehead atoms. The lowest BCUT2D eigenvalue weighted by Crippen LogP contribution is -2.53. The van der Waals surface area contributed by atoms with Crippen LogP contribution in [0, 0.1) is 13.8 Å². The van der Waals surface area contributed by atoms with Crippen LogP contribution < -0.4 is 5.32 Å². The largest absolute Gasteiger partial charge is 0.343 e. The van der Waals surface area contributed by atoms with Crippen LogP contribution in [0.3, 0.4) is 0 Å². The van der Waals surface area contributed by atoms with E-state index in [1.54, 1.807) is 0 Å². The van der Waals surface area contributed by atoms with Gasteiger partial charge in [-0.2, -0.15) is 0 Å². The molecule has 1 aromatic rings. The summed E-state index contributed by atoms with van der Waals surface area (Å²) in [6.45, 7) is 5.57. The Bertz CT molecular complexity index is 428. The van der Waals surface area contributed by atoms with E-state index in [9.17, 15) is 4.79 Å². The first-order valence-corrected chi connectivity index (χ1v) is 6.10. The van der Waals surface area contributed by atoms with Gasteiger partial charge in [-0.3, -0.25) is 4.79 Å². The van der Waals surface area contributed by atoms with Crippen LogP contribution in [0.1, 0.15) is 16.7 Å². The molecule has 2 rings (SSSR count). The van der Waals surface area contributed by atoms with Crippen molar-refractivity contribution in [3.05, 3.63) is 34.9 Å². The van der Waals surface area contributed by atoms with Crippen molar-refractivity contribution in [1.29, 1.82) is 0 Å². The molecule has 1 N–H and O–H groups in total. The van der Waals surface area contributed by atoms with Gasteiger partial charge in [0.2, 0.25) is 5.91 Å². The summed E-state index contributed by atoms with van der Waals surface area (Å²) in [6, 6.07) is 6.80. The second-order valence-electron chi connectivity index (χ2n) is 4.92. The first-order valence-electron chi connectivity index (χ1n) is 6.10. The molecule has 1 saturated heterocycles. The van der Waals surface area contributed by atoms with Gasteiger partial charge < -0.3 is 10.2 Å². The van der Waals surface area contributed by atoms with E-state index >= 15 is 0 Å². The minimum absolute atomic E-state index is 0.183. The second kappa shape index (κ2) is 4.88. The van der Waals surface area contributed by atoms with Gasteiger partial charge in [-0.05, 0) is 37.0 Å². The van der Waals surface area contributed by atoms with E-state index in [0.717, 1.165) is 13.0 Å². The summed E-state index contributed by atoms with van der Waals surface area (Å²) in [5.74, 6) is 0.183. The molecule has 3 nitrogen and oxygen atoms in total. The molecule has 0 radical (unpaired) electrons. The van der Waals surface area contributed by atoms with Crippen LogP contribution in [-0.4, -0.2) is 37.0 Å². The van der Waals surface area contributed by atoms with Gasteiger partial charge in [0.05, 0.1) is 6.54 Å². The third kappa shape index (κ3) is 2.67. The van der Waals surface area contributed by atoms with Gasteiger partial charge in [0, 0.05) is 19.6 Å². The minimum Gasteiger partial charge on any atom is -0.343 e. The third-order valence-corrected chi connectivity index (χ3v) is 3.65. The maximum Gasteiger partial charge on any atom is 0.236 e. The number of rotatable bonds is 2. The van der Waals surface area contributed by atoms with Crippen molar-refractivity contribution in [2.75, 3.05) is 20.1 Å². The Morgan fingerprint density at radius 3 is 2.88 bits per heavy atom. The lowest BCUT2D eigenvalue weighted by molar-refractivity contribution is -0.131. The zero-order chi connectivity index (χ0) is 12.4. The summed E-state index contributed by atoms with van der Waals surface area (Å²) in [7, 11) is 1.87. The van der Waals surface area contributed by atoms with E-state index in [2.05, 4.69) is 37.4 Å². The fraction of sp³-hybridized carbons (Fsp3) is 0.500. The summed E-state index contributed by atoms with van der Waals surface area (Å²) < 4.78 is 0. The van der Waals surface area contributed by atoms with Crippen molar-refractivity contribution in [2.24, 2.45) is 0 Å². The number of benzene rings is 1. The summed E-state index contributed by atoms with van der Waals surface area (Å²) >= 11 is 0. The molecule has 92 valence electrons. The van der Waals surface area contributed by atoms with Crippen molar-refractivity contribution in [3.63, 3.8) is 0 Å². The fourth-order valence-electron chi connectivity index (χ4n) is 2.30.